The van der Waals surface area contributed by atoms with Crippen LogP contribution >= 0.6 is 11.8 Å². The Labute approximate surface area is 150 Å². The fourth-order valence-corrected chi connectivity index (χ4v) is 4.04. The fourth-order valence-electron chi connectivity index (χ4n) is 2.89. The molecule has 4 heteroatoms. The van der Waals surface area contributed by atoms with Gasteiger partial charge in [0.25, 0.3) is 0 Å². The molecule has 0 aliphatic heterocycles. The second-order valence-corrected chi connectivity index (χ2v) is 7.40. The van der Waals surface area contributed by atoms with Crippen LogP contribution in [-0.2, 0) is 10.5 Å². The van der Waals surface area contributed by atoms with Crippen molar-refractivity contribution in [1.82, 2.24) is 4.90 Å². The molecular weight excluding hydrogens is 316 g/mol. The first-order valence-corrected chi connectivity index (χ1v) is 9.81. The summed E-state index contributed by atoms with van der Waals surface area (Å²) < 4.78 is 0. The molecule has 1 unspecified atom stereocenters. The van der Waals surface area contributed by atoms with Gasteiger partial charge in [0, 0.05) is 35.4 Å². The number of benzene rings is 1. The normalized spacial score (nSPS) is 17.2. The summed E-state index contributed by atoms with van der Waals surface area (Å²) in [4.78, 5) is 14.8. The molecule has 0 radical (unpaired) electrons. The second-order valence-electron chi connectivity index (χ2n) is 6.17. The molecule has 1 aliphatic carbocycles. The van der Waals surface area contributed by atoms with Gasteiger partial charge in [-0.25, -0.2) is 0 Å². The van der Waals surface area contributed by atoms with E-state index in [1.54, 1.807) is 0 Å². The lowest BCUT2D eigenvalue weighted by Crippen LogP contribution is -2.35. The molecule has 1 aromatic carbocycles. The van der Waals surface area contributed by atoms with Crippen LogP contribution < -0.4 is 5.73 Å². The molecule has 0 spiro atoms. The Morgan fingerprint density at radius 1 is 1.21 bits per heavy atom. The highest BCUT2D eigenvalue weighted by Crippen LogP contribution is 2.29. The van der Waals surface area contributed by atoms with E-state index in [2.05, 4.69) is 44.2 Å². The SMILES string of the molecule is CCCN(CCC)C(=O)C1=CC(N)=CC(SCc2ccccc2)C1. The van der Waals surface area contributed by atoms with Crippen molar-refractivity contribution in [2.75, 3.05) is 13.1 Å². The second kappa shape index (κ2) is 9.58. The van der Waals surface area contributed by atoms with Crippen LogP contribution in [0.2, 0.25) is 0 Å². The number of carbonyl (C=O) groups excluding carboxylic acids is 1. The van der Waals surface area contributed by atoms with Crippen molar-refractivity contribution in [3.05, 3.63) is 59.3 Å². The quantitative estimate of drug-likeness (QED) is 0.772. The molecule has 1 atom stereocenters. The number of hydrogen-bond donors (Lipinski definition) is 1. The van der Waals surface area contributed by atoms with Gasteiger partial charge in [0.15, 0.2) is 0 Å². The van der Waals surface area contributed by atoms with E-state index in [4.69, 9.17) is 5.73 Å². The zero-order valence-electron chi connectivity index (χ0n) is 14.7. The highest BCUT2D eigenvalue weighted by molar-refractivity contribution is 7.99. The lowest BCUT2D eigenvalue weighted by molar-refractivity contribution is -0.127. The summed E-state index contributed by atoms with van der Waals surface area (Å²) >= 11 is 1.85. The van der Waals surface area contributed by atoms with Crippen molar-refractivity contribution < 1.29 is 4.79 Å². The van der Waals surface area contributed by atoms with Gasteiger partial charge in [0.1, 0.15) is 0 Å². The Balaban J connectivity index is 1.99. The summed E-state index contributed by atoms with van der Waals surface area (Å²) in [6.45, 7) is 5.85. The van der Waals surface area contributed by atoms with E-state index in [0.29, 0.717) is 5.70 Å². The van der Waals surface area contributed by atoms with Crippen LogP contribution in [-0.4, -0.2) is 29.1 Å². The minimum absolute atomic E-state index is 0.153. The maximum absolute atomic E-state index is 12.8. The number of allylic oxidation sites excluding steroid dienone is 1. The lowest BCUT2D eigenvalue weighted by Gasteiger charge is -2.26. The van der Waals surface area contributed by atoms with E-state index in [1.807, 2.05) is 28.8 Å². The number of nitrogens with two attached hydrogens (primary N) is 1. The molecule has 2 N–H and O–H groups in total. The topological polar surface area (TPSA) is 46.3 Å². The van der Waals surface area contributed by atoms with Gasteiger partial charge in [-0.2, -0.15) is 0 Å². The van der Waals surface area contributed by atoms with E-state index >= 15 is 0 Å². The van der Waals surface area contributed by atoms with Gasteiger partial charge in [-0.05, 0) is 37.0 Å². The highest BCUT2D eigenvalue weighted by atomic mass is 32.2. The Morgan fingerprint density at radius 3 is 2.50 bits per heavy atom. The lowest BCUT2D eigenvalue weighted by atomic mass is 10.0. The first-order chi connectivity index (χ1) is 11.6. The molecule has 1 aromatic rings. The Kier molecular flexibility index (Phi) is 7.44. The van der Waals surface area contributed by atoms with Crippen LogP contribution in [0.1, 0.15) is 38.7 Å². The van der Waals surface area contributed by atoms with Crippen molar-refractivity contribution in [1.29, 1.82) is 0 Å². The summed E-state index contributed by atoms with van der Waals surface area (Å²) in [6.07, 6.45) is 6.67. The minimum atomic E-state index is 0.153. The summed E-state index contributed by atoms with van der Waals surface area (Å²) in [5.41, 5.74) is 8.93. The van der Waals surface area contributed by atoms with Gasteiger partial charge in [-0.3, -0.25) is 4.79 Å². The predicted molar refractivity (Wildman–Crippen MR) is 104 cm³/mol. The van der Waals surface area contributed by atoms with Crippen molar-refractivity contribution >= 4 is 17.7 Å². The summed E-state index contributed by atoms with van der Waals surface area (Å²) in [5, 5.41) is 0.263. The third-order valence-corrected chi connectivity index (χ3v) is 5.23. The maximum atomic E-state index is 12.8. The molecule has 24 heavy (non-hydrogen) atoms. The van der Waals surface area contributed by atoms with Crippen molar-refractivity contribution in [2.24, 2.45) is 5.73 Å². The van der Waals surface area contributed by atoms with Crippen LogP contribution in [0.3, 0.4) is 0 Å². The number of carbonyl (C=O) groups is 1. The molecule has 0 heterocycles. The molecule has 2 rings (SSSR count). The van der Waals surface area contributed by atoms with Crippen LogP contribution in [0, 0.1) is 0 Å². The van der Waals surface area contributed by atoms with Gasteiger partial charge in [0.05, 0.1) is 0 Å². The molecule has 0 aromatic heterocycles. The largest absolute Gasteiger partial charge is 0.399 e. The van der Waals surface area contributed by atoms with Crippen LogP contribution in [0.5, 0.6) is 0 Å². The van der Waals surface area contributed by atoms with E-state index < -0.39 is 0 Å². The first kappa shape index (κ1) is 18.7. The smallest absolute Gasteiger partial charge is 0.249 e. The van der Waals surface area contributed by atoms with Gasteiger partial charge in [0.2, 0.25) is 5.91 Å². The first-order valence-electron chi connectivity index (χ1n) is 8.76. The molecule has 130 valence electrons. The number of thioether (sulfide) groups is 1. The molecule has 0 saturated heterocycles. The monoisotopic (exact) mass is 344 g/mol. The number of amides is 1. The van der Waals surface area contributed by atoms with E-state index in [0.717, 1.165) is 43.7 Å². The Morgan fingerprint density at radius 2 is 1.88 bits per heavy atom. The predicted octanol–water partition coefficient (Wildman–Crippen LogP) is 4.11. The standard InChI is InChI=1S/C20H28N2OS/c1-3-10-22(11-4-2)20(23)17-12-18(21)14-19(13-17)24-15-16-8-6-5-7-9-16/h5-9,12,14,19H,3-4,10-11,13,15,21H2,1-2H3. The fraction of sp³-hybridized carbons (Fsp3) is 0.450. The van der Waals surface area contributed by atoms with Gasteiger partial charge < -0.3 is 10.6 Å². The van der Waals surface area contributed by atoms with E-state index in [-0.39, 0.29) is 11.2 Å². The van der Waals surface area contributed by atoms with Gasteiger partial charge in [-0.15, -0.1) is 11.8 Å². The number of hydrogen-bond acceptors (Lipinski definition) is 3. The summed E-state index contributed by atoms with van der Waals surface area (Å²) in [7, 11) is 0. The molecule has 0 saturated carbocycles. The molecule has 0 fully saturated rings. The van der Waals surface area contributed by atoms with Crippen LogP contribution in [0.4, 0.5) is 0 Å². The number of rotatable bonds is 8. The third-order valence-electron chi connectivity index (χ3n) is 4.00. The third kappa shape index (κ3) is 5.45. The van der Waals surface area contributed by atoms with Crippen molar-refractivity contribution in [3.8, 4) is 0 Å². The molecule has 0 bridgehead atoms. The van der Waals surface area contributed by atoms with E-state index in [9.17, 15) is 4.79 Å². The van der Waals surface area contributed by atoms with E-state index in [1.165, 1.54) is 5.56 Å². The molecule has 1 aliphatic rings. The molecule has 3 nitrogen and oxygen atoms in total. The average molecular weight is 345 g/mol. The van der Waals surface area contributed by atoms with Gasteiger partial charge in [-0.1, -0.05) is 44.2 Å². The molecule has 1 amide bonds. The van der Waals surface area contributed by atoms with Crippen LogP contribution in [0.15, 0.2) is 53.8 Å². The summed E-state index contributed by atoms with van der Waals surface area (Å²) in [5.74, 6) is 1.09. The zero-order chi connectivity index (χ0) is 17.4. The van der Waals surface area contributed by atoms with Crippen molar-refractivity contribution in [3.63, 3.8) is 0 Å². The van der Waals surface area contributed by atoms with Crippen molar-refractivity contribution in [2.45, 2.75) is 44.1 Å². The summed E-state index contributed by atoms with van der Waals surface area (Å²) in [6, 6.07) is 10.4. The Bertz CT molecular complexity index is 589. The number of nitrogens with zero attached hydrogens (tertiary/aromatic N) is 1. The average Bonchev–Trinajstić information content (AvgIpc) is 2.59. The molecular formula is C20H28N2OS. The van der Waals surface area contributed by atoms with Crippen LogP contribution in [0.25, 0.3) is 0 Å². The highest BCUT2D eigenvalue weighted by Gasteiger charge is 2.23. The minimum Gasteiger partial charge on any atom is -0.399 e. The maximum Gasteiger partial charge on any atom is 0.249 e. The Hall–Kier alpha value is -1.68. The zero-order valence-corrected chi connectivity index (χ0v) is 15.5. The van der Waals surface area contributed by atoms with Gasteiger partial charge >= 0.3 is 0 Å².